The quantitative estimate of drug-likeness (QED) is 0.807. The van der Waals surface area contributed by atoms with Crippen LogP contribution >= 0.6 is 11.6 Å². The third kappa shape index (κ3) is 1.76. The molecular formula is C11H11ClN2O2. The highest BCUT2D eigenvalue weighted by Crippen LogP contribution is 2.28. The first-order valence-electron chi connectivity index (χ1n) is 4.71. The van der Waals surface area contributed by atoms with Crippen molar-refractivity contribution < 1.29 is 9.47 Å². The van der Waals surface area contributed by atoms with Gasteiger partial charge < -0.3 is 9.47 Å². The molecule has 0 N–H and O–H groups in total. The van der Waals surface area contributed by atoms with E-state index in [1.165, 1.54) is 14.2 Å². The van der Waals surface area contributed by atoms with Crippen LogP contribution in [0.2, 0.25) is 5.02 Å². The number of hydrogen-bond acceptors (Lipinski definition) is 4. The summed E-state index contributed by atoms with van der Waals surface area (Å²) in [4.78, 5) is 8.57. The number of aromatic nitrogens is 2. The Labute approximate surface area is 98.2 Å². The summed E-state index contributed by atoms with van der Waals surface area (Å²) >= 11 is 6.02. The van der Waals surface area contributed by atoms with E-state index in [9.17, 15) is 0 Å². The van der Waals surface area contributed by atoms with E-state index >= 15 is 0 Å². The molecule has 4 nitrogen and oxygen atoms in total. The Balaban J connectivity index is 2.73. The topological polar surface area (TPSA) is 44.2 Å². The molecule has 5 heteroatoms. The average Bonchev–Trinajstić information content (AvgIpc) is 2.29. The highest BCUT2D eigenvalue weighted by molar-refractivity contribution is 6.32. The lowest BCUT2D eigenvalue weighted by Crippen LogP contribution is -1.97. The predicted octanol–water partition coefficient (Wildman–Crippen LogP) is 2.61. The van der Waals surface area contributed by atoms with Crippen molar-refractivity contribution >= 4 is 22.6 Å². The summed E-state index contributed by atoms with van der Waals surface area (Å²) < 4.78 is 10.2. The number of benzene rings is 1. The molecule has 0 aliphatic rings. The molecule has 0 radical (unpaired) electrons. The van der Waals surface area contributed by atoms with Crippen molar-refractivity contribution in [2.24, 2.45) is 0 Å². The fraction of sp³-hybridized carbons (Fsp3) is 0.273. The Morgan fingerprint density at radius 2 is 1.50 bits per heavy atom. The van der Waals surface area contributed by atoms with Gasteiger partial charge in [-0.2, -0.15) is 0 Å². The van der Waals surface area contributed by atoms with Gasteiger partial charge in [0.1, 0.15) is 0 Å². The molecule has 0 aliphatic heterocycles. The van der Waals surface area contributed by atoms with Gasteiger partial charge in [0.15, 0.2) is 0 Å². The summed E-state index contributed by atoms with van der Waals surface area (Å²) in [5.41, 5.74) is 2.38. The number of hydrogen-bond donors (Lipinski definition) is 0. The maximum atomic E-state index is 6.02. The second kappa shape index (κ2) is 4.14. The first-order valence-corrected chi connectivity index (χ1v) is 5.09. The number of halogens is 1. The van der Waals surface area contributed by atoms with E-state index in [-0.39, 0.29) is 0 Å². The maximum Gasteiger partial charge on any atom is 0.278 e. The largest absolute Gasteiger partial charge is 0.477 e. The second-order valence-electron chi connectivity index (χ2n) is 3.33. The number of rotatable bonds is 2. The third-order valence-corrected chi connectivity index (χ3v) is 2.68. The van der Waals surface area contributed by atoms with E-state index in [1.54, 1.807) is 6.07 Å². The number of fused-ring (bicyclic) bond motifs is 1. The van der Waals surface area contributed by atoms with E-state index in [2.05, 4.69) is 9.97 Å². The molecule has 0 bridgehead atoms. The summed E-state index contributed by atoms with van der Waals surface area (Å²) in [6, 6.07) is 3.63. The lowest BCUT2D eigenvalue weighted by molar-refractivity contribution is 0.334. The molecule has 1 heterocycles. The lowest BCUT2D eigenvalue weighted by atomic mass is 10.2. The standard InChI is InChI=1S/C11H11ClN2O2/c1-6-4-8-9(5-7(6)12)14-11(16-3)10(13-8)15-2/h4-5H,1-3H3. The highest BCUT2D eigenvalue weighted by atomic mass is 35.5. The zero-order valence-electron chi connectivity index (χ0n) is 9.24. The van der Waals surface area contributed by atoms with Gasteiger partial charge in [-0.05, 0) is 24.6 Å². The molecule has 0 aliphatic carbocycles. The number of aryl methyl sites for hydroxylation is 1. The predicted molar refractivity (Wildman–Crippen MR) is 62.4 cm³/mol. The highest BCUT2D eigenvalue weighted by Gasteiger charge is 2.10. The van der Waals surface area contributed by atoms with Gasteiger partial charge in [0, 0.05) is 5.02 Å². The van der Waals surface area contributed by atoms with E-state index in [1.807, 2.05) is 13.0 Å². The average molecular weight is 239 g/mol. The van der Waals surface area contributed by atoms with Crippen LogP contribution in [0.1, 0.15) is 5.56 Å². The zero-order valence-corrected chi connectivity index (χ0v) is 10.00. The van der Waals surface area contributed by atoms with Crippen molar-refractivity contribution in [1.82, 2.24) is 9.97 Å². The molecule has 84 valence electrons. The van der Waals surface area contributed by atoms with Crippen molar-refractivity contribution in [3.63, 3.8) is 0 Å². The summed E-state index contributed by atoms with van der Waals surface area (Å²) in [6.07, 6.45) is 0. The first kappa shape index (κ1) is 11.0. The smallest absolute Gasteiger partial charge is 0.278 e. The lowest BCUT2D eigenvalue weighted by Gasteiger charge is -2.07. The van der Waals surface area contributed by atoms with Crippen LogP contribution in [0.4, 0.5) is 0 Å². The van der Waals surface area contributed by atoms with Crippen molar-refractivity contribution in [3.8, 4) is 11.8 Å². The van der Waals surface area contributed by atoms with E-state index in [0.29, 0.717) is 22.3 Å². The minimum atomic E-state index is 0.356. The van der Waals surface area contributed by atoms with Crippen LogP contribution in [-0.2, 0) is 0 Å². The van der Waals surface area contributed by atoms with Crippen LogP contribution in [0.15, 0.2) is 12.1 Å². The third-order valence-electron chi connectivity index (χ3n) is 2.27. The van der Waals surface area contributed by atoms with Crippen LogP contribution in [0.5, 0.6) is 11.8 Å². The molecule has 2 aromatic rings. The van der Waals surface area contributed by atoms with Gasteiger partial charge in [0.25, 0.3) is 11.8 Å². The fourth-order valence-corrected chi connectivity index (χ4v) is 1.57. The molecule has 0 saturated carbocycles. The molecule has 2 rings (SSSR count). The van der Waals surface area contributed by atoms with Gasteiger partial charge in [0.2, 0.25) is 0 Å². The Morgan fingerprint density at radius 1 is 1.00 bits per heavy atom. The van der Waals surface area contributed by atoms with Crippen molar-refractivity contribution in [3.05, 3.63) is 22.7 Å². The van der Waals surface area contributed by atoms with E-state index in [4.69, 9.17) is 21.1 Å². The Morgan fingerprint density at radius 3 is 2.00 bits per heavy atom. The number of ether oxygens (including phenoxy) is 2. The van der Waals surface area contributed by atoms with Crippen molar-refractivity contribution in [2.45, 2.75) is 6.92 Å². The van der Waals surface area contributed by atoms with Gasteiger partial charge in [0.05, 0.1) is 25.3 Å². The van der Waals surface area contributed by atoms with Crippen molar-refractivity contribution in [1.29, 1.82) is 0 Å². The Kier molecular flexibility index (Phi) is 2.83. The van der Waals surface area contributed by atoms with Crippen LogP contribution in [0.3, 0.4) is 0 Å². The molecule has 0 atom stereocenters. The van der Waals surface area contributed by atoms with Gasteiger partial charge in [-0.15, -0.1) is 0 Å². The summed E-state index contributed by atoms with van der Waals surface area (Å²) in [5, 5.41) is 0.661. The Hall–Kier alpha value is -1.55. The van der Waals surface area contributed by atoms with Gasteiger partial charge in [-0.1, -0.05) is 11.6 Å². The minimum Gasteiger partial charge on any atom is -0.477 e. The minimum absolute atomic E-state index is 0.356. The molecule has 1 aromatic heterocycles. The molecule has 0 unspecified atom stereocenters. The molecule has 0 spiro atoms. The molecule has 1 aromatic carbocycles. The molecule has 16 heavy (non-hydrogen) atoms. The van der Waals surface area contributed by atoms with Gasteiger partial charge in [-0.3, -0.25) is 0 Å². The molecule has 0 fully saturated rings. The molecule has 0 amide bonds. The number of nitrogens with zero attached hydrogens (tertiary/aromatic N) is 2. The number of methoxy groups -OCH3 is 2. The van der Waals surface area contributed by atoms with E-state index < -0.39 is 0 Å². The van der Waals surface area contributed by atoms with Gasteiger partial charge in [-0.25, -0.2) is 9.97 Å². The second-order valence-corrected chi connectivity index (χ2v) is 3.74. The molecular weight excluding hydrogens is 228 g/mol. The maximum absolute atomic E-state index is 6.02. The summed E-state index contributed by atoms with van der Waals surface area (Å²) in [6.45, 7) is 1.92. The Bertz CT molecular complexity index is 494. The van der Waals surface area contributed by atoms with Crippen LogP contribution < -0.4 is 9.47 Å². The fourth-order valence-electron chi connectivity index (χ4n) is 1.42. The summed E-state index contributed by atoms with van der Waals surface area (Å²) in [7, 11) is 3.05. The molecule has 0 saturated heterocycles. The van der Waals surface area contributed by atoms with Crippen LogP contribution in [-0.4, -0.2) is 24.2 Å². The van der Waals surface area contributed by atoms with E-state index in [0.717, 1.165) is 11.1 Å². The normalized spacial score (nSPS) is 10.5. The SMILES string of the molecule is COc1nc2cc(C)c(Cl)cc2nc1OC. The van der Waals surface area contributed by atoms with Crippen LogP contribution in [0.25, 0.3) is 11.0 Å². The van der Waals surface area contributed by atoms with Crippen molar-refractivity contribution in [2.75, 3.05) is 14.2 Å². The van der Waals surface area contributed by atoms with Gasteiger partial charge >= 0.3 is 0 Å². The first-order chi connectivity index (χ1) is 7.65. The summed E-state index contributed by atoms with van der Waals surface area (Å²) in [5.74, 6) is 0.728. The monoisotopic (exact) mass is 238 g/mol. The zero-order chi connectivity index (χ0) is 11.7. The van der Waals surface area contributed by atoms with Crippen LogP contribution in [0, 0.1) is 6.92 Å².